The number of aliphatic hydroxyl groups excluding tert-OH is 1. The van der Waals surface area contributed by atoms with Gasteiger partial charge in [0.15, 0.2) is 0 Å². The first-order valence-electron chi connectivity index (χ1n) is 5.90. The second-order valence-electron chi connectivity index (χ2n) is 3.91. The Kier molecular flexibility index (Phi) is 4.47. The summed E-state index contributed by atoms with van der Waals surface area (Å²) in [6, 6.07) is 4.11. The van der Waals surface area contributed by atoms with E-state index in [-0.39, 0.29) is 12.2 Å². The van der Waals surface area contributed by atoms with Crippen LogP contribution >= 0.6 is 0 Å². The summed E-state index contributed by atoms with van der Waals surface area (Å²) in [6.45, 7) is -0.0410. The highest BCUT2D eigenvalue weighted by atomic mass is 19.1. The molecule has 0 unspecified atom stereocenters. The highest BCUT2D eigenvalue weighted by Gasteiger charge is 2.12. The molecule has 5 nitrogen and oxygen atoms in total. The number of carbonyl (C=O) groups excluding carboxylic acids is 1. The lowest BCUT2D eigenvalue weighted by Gasteiger charge is -2.04. The summed E-state index contributed by atoms with van der Waals surface area (Å²) in [5.41, 5.74) is 0.843. The number of benzene rings is 1. The molecule has 3 N–H and O–H groups in total. The van der Waals surface area contributed by atoms with Crippen molar-refractivity contribution in [2.75, 3.05) is 11.9 Å². The molecule has 2 rings (SSSR count). The maximum absolute atomic E-state index is 13.8. The van der Waals surface area contributed by atoms with Gasteiger partial charge in [-0.3, -0.25) is 9.89 Å². The van der Waals surface area contributed by atoms with Crippen molar-refractivity contribution in [3.63, 3.8) is 0 Å². The Balaban J connectivity index is 2.13. The molecule has 20 heavy (non-hydrogen) atoms. The maximum atomic E-state index is 13.8. The van der Waals surface area contributed by atoms with Gasteiger partial charge in [-0.1, -0.05) is 11.8 Å². The number of hydrogen-bond acceptors (Lipinski definition) is 3. The van der Waals surface area contributed by atoms with Gasteiger partial charge in [-0.2, -0.15) is 5.10 Å². The number of carbonyl (C=O) groups is 1. The van der Waals surface area contributed by atoms with Gasteiger partial charge in [-0.25, -0.2) is 4.39 Å². The van der Waals surface area contributed by atoms with Crippen molar-refractivity contribution in [3.8, 4) is 11.8 Å². The predicted octanol–water partition coefficient (Wildman–Crippen LogP) is 1.53. The predicted molar refractivity (Wildman–Crippen MR) is 71.5 cm³/mol. The van der Waals surface area contributed by atoms with Gasteiger partial charge in [-0.15, -0.1) is 0 Å². The SMILES string of the molecule is O=C(Nc1cn[nH]c1)c1ccc(C#CCCO)cc1F. The molecule has 0 aliphatic carbocycles. The molecule has 1 heterocycles. The van der Waals surface area contributed by atoms with Crippen LogP contribution in [-0.4, -0.2) is 27.8 Å². The standard InChI is InChI=1S/C14H12FN3O2/c15-13-7-10(3-1-2-6-19)4-5-12(13)14(20)18-11-8-16-17-9-11/h4-5,7-9,19H,2,6H2,(H,16,17)(H,18,20). The third-order valence-corrected chi connectivity index (χ3v) is 2.44. The van der Waals surface area contributed by atoms with Crippen LogP contribution in [0.25, 0.3) is 0 Å². The van der Waals surface area contributed by atoms with Gasteiger partial charge >= 0.3 is 0 Å². The number of amides is 1. The van der Waals surface area contributed by atoms with Crippen LogP contribution in [-0.2, 0) is 0 Å². The van der Waals surface area contributed by atoms with E-state index in [1.807, 2.05) is 0 Å². The molecule has 0 radical (unpaired) electrons. The summed E-state index contributed by atoms with van der Waals surface area (Å²) in [5.74, 6) is 4.18. The zero-order valence-electron chi connectivity index (χ0n) is 10.5. The lowest BCUT2D eigenvalue weighted by Crippen LogP contribution is -2.13. The molecular formula is C14H12FN3O2. The van der Waals surface area contributed by atoms with E-state index in [4.69, 9.17) is 5.11 Å². The Morgan fingerprint density at radius 2 is 2.35 bits per heavy atom. The Hall–Kier alpha value is -2.65. The molecule has 0 atom stereocenters. The van der Waals surface area contributed by atoms with Crippen LogP contribution in [0.4, 0.5) is 10.1 Å². The summed E-state index contributed by atoms with van der Waals surface area (Å²) in [7, 11) is 0. The molecule has 0 saturated carbocycles. The van der Waals surface area contributed by atoms with Crippen LogP contribution in [0.3, 0.4) is 0 Å². The van der Waals surface area contributed by atoms with Crippen molar-refractivity contribution in [1.82, 2.24) is 10.2 Å². The summed E-state index contributed by atoms with van der Waals surface area (Å²) in [4.78, 5) is 11.8. The van der Waals surface area contributed by atoms with Gasteiger partial charge in [0.25, 0.3) is 5.91 Å². The smallest absolute Gasteiger partial charge is 0.258 e. The zero-order chi connectivity index (χ0) is 14.4. The van der Waals surface area contributed by atoms with Gasteiger partial charge in [0.1, 0.15) is 5.82 Å². The van der Waals surface area contributed by atoms with E-state index in [0.29, 0.717) is 17.7 Å². The van der Waals surface area contributed by atoms with E-state index in [2.05, 4.69) is 27.4 Å². The Morgan fingerprint density at radius 1 is 1.50 bits per heavy atom. The van der Waals surface area contributed by atoms with Gasteiger partial charge < -0.3 is 10.4 Å². The minimum Gasteiger partial charge on any atom is -0.395 e. The number of hydrogen-bond donors (Lipinski definition) is 3. The van der Waals surface area contributed by atoms with Crippen LogP contribution < -0.4 is 5.32 Å². The summed E-state index contributed by atoms with van der Waals surface area (Å²) < 4.78 is 13.8. The molecule has 0 fully saturated rings. The van der Waals surface area contributed by atoms with Crippen molar-refractivity contribution in [2.45, 2.75) is 6.42 Å². The second-order valence-corrected chi connectivity index (χ2v) is 3.91. The molecule has 6 heteroatoms. The molecule has 0 aliphatic heterocycles. The number of H-pyrrole nitrogens is 1. The molecule has 102 valence electrons. The number of nitrogens with one attached hydrogen (secondary N) is 2. The average Bonchev–Trinajstić information content (AvgIpc) is 2.92. The van der Waals surface area contributed by atoms with Crippen molar-refractivity contribution >= 4 is 11.6 Å². The summed E-state index contributed by atoms with van der Waals surface area (Å²) in [5, 5.41) is 17.3. The first-order valence-corrected chi connectivity index (χ1v) is 5.90. The normalized spacial score (nSPS) is 9.70. The van der Waals surface area contributed by atoms with E-state index in [1.54, 1.807) is 6.07 Å². The molecule has 0 saturated heterocycles. The van der Waals surface area contributed by atoms with Crippen LogP contribution in [0.2, 0.25) is 0 Å². The van der Waals surface area contributed by atoms with Crippen LogP contribution in [0, 0.1) is 17.7 Å². The second kappa shape index (κ2) is 6.50. The van der Waals surface area contributed by atoms with Crippen molar-refractivity contribution in [3.05, 3.63) is 47.5 Å². The quantitative estimate of drug-likeness (QED) is 0.742. The number of aliphatic hydroxyl groups is 1. The Bertz CT molecular complexity index is 657. The van der Waals surface area contributed by atoms with Gasteiger partial charge in [-0.05, 0) is 18.2 Å². The largest absolute Gasteiger partial charge is 0.395 e. The lowest BCUT2D eigenvalue weighted by molar-refractivity contribution is 0.102. The van der Waals surface area contributed by atoms with E-state index < -0.39 is 11.7 Å². The highest BCUT2D eigenvalue weighted by Crippen LogP contribution is 2.12. The van der Waals surface area contributed by atoms with Crippen LogP contribution in [0.15, 0.2) is 30.6 Å². The van der Waals surface area contributed by atoms with Crippen molar-refractivity contribution < 1.29 is 14.3 Å². The van der Waals surface area contributed by atoms with Crippen molar-refractivity contribution in [1.29, 1.82) is 0 Å². The number of aromatic amines is 1. The molecule has 0 bridgehead atoms. The fraction of sp³-hybridized carbons (Fsp3) is 0.143. The summed E-state index contributed by atoms with van der Waals surface area (Å²) in [6.07, 6.45) is 3.24. The highest BCUT2D eigenvalue weighted by molar-refractivity contribution is 6.04. The lowest BCUT2D eigenvalue weighted by atomic mass is 10.1. The average molecular weight is 273 g/mol. The monoisotopic (exact) mass is 273 g/mol. The number of rotatable bonds is 3. The minimum atomic E-state index is -0.651. The third kappa shape index (κ3) is 3.43. The summed E-state index contributed by atoms with van der Waals surface area (Å²) >= 11 is 0. The number of anilines is 1. The first kappa shape index (κ1) is 13.8. The molecule has 0 aliphatic rings. The molecule has 0 spiro atoms. The zero-order valence-corrected chi connectivity index (χ0v) is 10.5. The third-order valence-electron chi connectivity index (χ3n) is 2.44. The Labute approximate surface area is 114 Å². The van der Waals surface area contributed by atoms with Crippen LogP contribution in [0.5, 0.6) is 0 Å². The first-order chi connectivity index (χ1) is 9.70. The van der Waals surface area contributed by atoms with Crippen LogP contribution in [0.1, 0.15) is 22.3 Å². The number of nitrogens with zero attached hydrogens (tertiary/aromatic N) is 1. The Morgan fingerprint density at radius 3 is 3.00 bits per heavy atom. The molecular weight excluding hydrogens is 261 g/mol. The van der Waals surface area contributed by atoms with Gasteiger partial charge in [0.05, 0.1) is 24.1 Å². The topological polar surface area (TPSA) is 78.0 Å². The molecule has 2 aromatic rings. The van der Waals surface area contributed by atoms with Gasteiger partial charge in [0.2, 0.25) is 0 Å². The minimum absolute atomic E-state index is 0.0410. The molecule has 1 amide bonds. The van der Waals surface area contributed by atoms with Gasteiger partial charge in [0, 0.05) is 18.2 Å². The fourth-order valence-electron chi connectivity index (χ4n) is 1.52. The maximum Gasteiger partial charge on any atom is 0.258 e. The van der Waals surface area contributed by atoms with E-state index in [9.17, 15) is 9.18 Å². The van der Waals surface area contributed by atoms with E-state index in [1.165, 1.54) is 24.5 Å². The van der Waals surface area contributed by atoms with Crippen molar-refractivity contribution in [2.24, 2.45) is 0 Å². The van der Waals surface area contributed by atoms with E-state index >= 15 is 0 Å². The van der Waals surface area contributed by atoms with E-state index in [0.717, 1.165) is 0 Å². The molecule has 1 aromatic carbocycles. The number of halogens is 1. The fourth-order valence-corrected chi connectivity index (χ4v) is 1.52. The molecule has 1 aromatic heterocycles. The number of aromatic nitrogens is 2.